The van der Waals surface area contributed by atoms with Crippen LogP contribution in [0, 0.1) is 19.8 Å². The second-order valence-electron chi connectivity index (χ2n) is 9.54. The molecule has 2 heterocycles. The fourth-order valence-corrected chi connectivity index (χ4v) is 5.52. The van der Waals surface area contributed by atoms with Gasteiger partial charge >= 0.3 is 0 Å². The van der Waals surface area contributed by atoms with Crippen molar-refractivity contribution in [2.24, 2.45) is 5.92 Å². The molecule has 188 valence electrons. The van der Waals surface area contributed by atoms with Crippen molar-refractivity contribution in [3.05, 3.63) is 87.4 Å². The van der Waals surface area contributed by atoms with Crippen LogP contribution < -0.4 is 15.6 Å². The lowest BCUT2D eigenvalue weighted by Crippen LogP contribution is -2.41. The lowest BCUT2D eigenvalue weighted by Gasteiger charge is -2.32. The minimum atomic E-state index is -0.505. The number of halogens is 1. The SMILES string of the molecule is CCOc1cc(C2C3C(NNC3c3cc(Cl)c(C)cc3O)C(=O)N2Cc2ccc(C)cc2)ccc1O. The summed E-state index contributed by atoms with van der Waals surface area (Å²) in [5, 5.41) is 21.7. The van der Waals surface area contributed by atoms with Crippen molar-refractivity contribution < 1.29 is 19.7 Å². The van der Waals surface area contributed by atoms with Crippen LogP contribution in [-0.2, 0) is 11.3 Å². The van der Waals surface area contributed by atoms with Gasteiger partial charge in [0.25, 0.3) is 0 Å². The summed E-state index contributed by atoms with van der Waals surface area (Å²) in [7, 11) is 0. The second-order valence-corrected chi connectivity index (χ2v) is 9.95. The van der Waals surface area contributed by atoms with Crippen LogP contribution in [0.25, 0.3) is 0 Å². The van der Waals surface area contributed by atoms with Gasteiger partial charge < -0.3 is 19.8 Å². The molecule has 0 radical (unpaired) electrons. The summed E-state index contributed by atoms with van der Waals surface area (Å²) >= 11 is 6.43. The second kappa shape index (κ2) is 9.65. The van der Waals surface area contributed by atoms with Crippen LogP contribution in [0.5, 0.6) is 17.2 Å². The number of nitrogens with one attached hydrogen (secondary N) is 2. The van der Waals surface area contributed by atoms with Gasteiger partial charge in [-0.25, -0.2) is 10.9 Å². The third-order valence-electron chi connectivity index (χ3n) is 7.16. The third-order valence-corrected chi connectivity index (χ3v) is 7.56. The van der Waals surface area contributed by atoms with E-state index in [1.165, 1.54) is 0 Å². The maximum absolute atomic E-state index is 13.8. The first kappa shape index (κ1) is 24.4. The topological polar surface area (TPSA) is 94.1 Å². The maximum atomic E-state index is 13.8. The summed E-state index contributed by atoms with van der Waals surface area (Å²) in [6.45, 7) is 6.56. The van der Waals surface area contributed by atoms with Crippen molar-refractivity contribution in [3.8, 4) is 17.2 Å². The van der Waals surface area contributed by atoms with Crippen LogP contribution in [0.3, 0.4) is 0 Å². The smallest absolute Gasteiger partial charge is 0.242 e. The standard InChI is InChI=1S/C28H30ClN3O4/c1-4-36-23-12-18(9-10-21(23)33)27-24-25(19-13-20(29)16(3)11-22(19)34)30-31-26(24)28(35)32(27)14-17-7-5-15(2)6-8-17/h5-13,24-27,30-31,33-34H,4,14H2,1-3H3. The van der Waals surface area contributed by atoms with Gasteiger partial charge in [0.15, 0.2) is 11.5 Å². The van der Waals surface area contributed by atoms with E-state index in [0.29, 0.717) is 29.5 Å². The first-order valence-electron chi connectivity index (χ1n) is 12.1. The van der Waals surface area contributed by atoms with Crippen molar-refractivity contribution in [3.63, 3.8) is 0 Å². The summed E-state index contributed by atoms with van der Waals surface area (Å²) in [5.41, 5.74) is 10.8. The molecule has 4 atom stereocenters. The Hall–Kier alpha value is -3.26. The molecule has 1 amide bonds. The number of nitrogens with zero attached hydrogens (tertiary/aromatic N) is 1. The van der Waals surface area contributed by atoms with Crippen LogP contribution in [0.4, 0.5) is 0 Å². The van der Waals surface area contributed by atoms with Crippen LogP contribution in [-0.4, -0.2) is 33.7 Å². The number of ether oxygens (including phenoxy) is 1. The van der Waals surface area contributed by atoms with E-state index in [2.05, 4.69) is 10.9 Å². The summed E-state index contributed by atoms with van der Waals surface area (Å²) in [6, 6.07) is 15.6. The van der Waals surface area contributed by atoms with Crippen LogP contribution in [0.15, 0.2) is 54.6 Å². The number of phenols is 2. The van der Waals surface area contributed by atoms with E-state index in [-0.39, 0.29) is 35.4 Å². The number of amides is 1. The monoisotopic (exact) mass is 507 g/mol. The van der Waals surface area contributed by atoms with Crippen LogP contribution in [0.2, 0.25) is 5.02 Å². The Balaban J connectivity index is 1.60. The zero-order valence-electron chi connectivity index (χ0n) is 20.5. The quantitative estimate of drug-likeness (QED) is 0.387. The Morgan fingerprint density at radius 3 is 2.42 bits per heavy atom. The van der Waals surface area contributed by atoms with Crippen LogP contribution >= 0.6 is 11.6 Å². The minimum Gasteiger partial charge on any atom is -0.508 e. The van der Waals surface area contributed by atoms with Gasteiger partial charge in [-0.2, -0.15) is 0 Å². The van der Waals surface area contributed by atoms with Crippen molar-refractivity contribution >= 4 is 17.5 Å². The number of carbonyl (C=O) groups is 1. The molecular formula is C28H30ClN3O4. The largest absolute Gasteiger partial charge is 0.508 e. The lowest BCUT2D eigenvalue weighted by atomic mass is 9.82. The normalized spacial score (nSPS) is 23.2. The van der Waals surface area contributed by atoms with Gasteiger partial charge in [-0.3, -0.25) is 4.79 Å². The number of aryl methyl sites for hydroxylation is 2. The van der Waals surface area contributed by atoms with Crippen molar-refractivity contribution in [1.82, 2.24) is 15.8 Å². The van der Waals surface area contributed by atoms with Crippen LogP contribution in [0.1, 0.15) is 46.8 Å². The Morgan fingerprint density at radius 2 is 1.69 bits per heavy atom. The molecule has 2 fully saturated rings. The number of aromatic hydroxyl groups is 2. The molecular weight excluding hydrogens is 478 g/mol. The van der Waals surface area contributed by atoms with Crippen molar-refractivity contribution in [1.29, 1.82) is 0 Å². The Kier molecular flexibility index (Phi) is 6.55. The third kappa shape index (κ3) is 4.28. The molecule has 3 aromatic carbocycles. The first-order chi connectivity index (χ1) is 17.3. The summed E-state index contributed by atoms with van der Waals surface area (Å²) < 4.78 is 5.66. The maximum Gasteiger partial charge on any atom is 0.242 e. The van der Waals surface area contributed by atoms with E-state index in [1.807, 2.05) is 56.0 Å². The summed E-state index contributed by atoms with van der Waals surface area (Å²) in [5.74, 6) is 0.253. The Labute approximate surface area is 215 Å². The zero-order chi connectivity index (χ0) is 25.6. The number of carbonyl (C=O) groups excluding carboxylic acids is 1. The van der Waals surface area contributed by atoms with Gasteiger partial charge in [-0.1, -0.05) is 47.5 Å². The molecule has 2 aliphatic heterocycles. The molecule has 5 rings (SSSR count). The highest BCUT2D eigenvalue weighted by molar-refractivity contribution is 6.31. The Morgan fingerprint density at radius 1 is 0.972 bits per heavy atom. The average molecular weight is 508 g/mol. The molecule has 0 spiro atoms. The van der Waals surface area contributed by atoms with E-state index in [1.54, 1.807) is 24.3 Å². The summed E-state index contributed by atoms with van der Waals surface area (Å²) in [4.78, 5) is 15.6. The number of rotatable bonds is 6. The molecule has 3 aromatic rings. The van der Waals surface area contributed by atoms with E-state index >= 15 is 0 Å². The molecule has 7 nitrogen and oxygen atoms in total. The molecule has 0 saturated carbocycles. The zero-order valence-corrected chi connectivity index (χ0v) is 21.2. The number of hydrazine groups is 1. The highest BCUT2D eigenvalue weighted by atomic mass is 35.5. The fraction of sp³-hybridized carbons (Fsp3) is 0.321. The first-order valence-corrected chi connectivity index (χ1v) is 12.5. The highest BCUT2D eigenvalue weighted by Crippen LogP contribution is 2.50. The molecule has 0 aliphatic carbocycles. The van der Waals surface area contributed by atoms with E-state index in [4.69, 9.17) is 16.3 Å². The molecule has 4 N–H and O–H groups in total. The van der Waals surface area contributed by atoms with E-state index in [0.717, 1.165) is 22.3 Å². The van der Waals surface area contributed by atoms with Gasteiger partial charge in [0.1, 0.15) is 11.8 Å². The van der Waals surface area contributed by atoms with E-state index in [9.17, 15) is 15.0 Å². The number of likely N-dealkylation sites (tertiary alicyclic amines) is 1. The molecule has 4 unspecified atom stereocenters. The van der Waals surface area contributed by atoms with Gasteiger partial charge in [0.2, 0.25) is 5.91 Å². The number of benzene rings is 3. The predicted octanol–water partition coefficient (Wildman–Crippen LogP) is 4.68. The lowest BCUT2D eigenvalue weighted by molar-refractivity contribution is -0.131. The molecule has 8 heteroatoms. The highest BCUT2D eigenvalue weighted by Gasteiger charge is 2.56. The van der Waals surface area contributed by atoms with Gasteiger partial charge in [-0.05, 0) is 61.7 Å². The van der Waals surface area contributed by atoms with Crippen molar-refractivity contribution in [2.75, 3.05) is 6.61 Å². The molecule has 0 bridgehead atoms. The molecule has 0 aromatic heterocycles. The van der Waals surface area contributed by atoms with Crippen molar-refractivity contribution in [2.45, 2.75) is 45.4 Å². The molecule has 2 saturated heterocycles. The fourth-order valence-electron chi connectivity index (χ4n) is 5.35. The average Bonchev–Trinajstić information content (AvgIpc) is 3.38. The Bertz CT molecular complexity index is 1300. The van der Waals surface area contributed by atoms with E-state index < -0.39 is 6.04 Å². The number of hydrogen-bond donors (Lipinski definition) is 4. The molecule has 2 aliphatic rings. The summed E-state index contributed by atoms with van der Waals surface area (Å²) in [6.07, 6.45) is 0. The predicted molar refractivity (Wildman–Crippen MR) is 138 cm³/mol. The number of hydrogen-bond acceptors (Lipinski definition) is 6. The number of fused-ring (bicyclic) bond motifs is 1. The number of phenolic OH excluding ortho intramolecular Hbond substituents is 2. The van der Waals surface area contributed by atoms with Gasteiger partial charge in [0, 0.05) is 23.0 Å². The minimum absolute atomic E-state index is 0.0377. The van der Waals surface area contributed by atoms with Gasteiger partial charge in [-0.15, -0.1) is 0 Å². The molecule has 36 heavy (non-hydrogen) atoms. The van der Waals surface area contributed by atoms with Gasteiger partial charge in [0.05, 0.1) is 18.7 Å².